The number of halogens is 12. The Labute approximate surface area is 146 Å². The van der Waals surface area contributed by atoms with E-state index in [0.717, 1.165) is 0 Å². The fourth-order valence-corrected chi connectivity index (χ4v) is 1.84. The van der Waals surface area contributed by atoms with Crippen molar-refractivity contribution in [1.29, 1.82) is 0 Å². The molecule has 0 spiro atoms. The van der Waals surface area contributed by atoms with Crippen LogP contribution in [0.4, 0.5) is 52.7 Å². The van der Waals surface area contributed by atoms with Crippen LogP contribution in [0.15, 0.2) is 34.3 Å². The summed E-state index contributed by atoms with van der Waals surface area (Å²) in [4.78, 5) is 3.64. The van der Waals surface area contributed by atoms with Crippen molar-refractivity contribution >= 4 is 11.8 Å². The van der Waals surface area contributed by atoms with E-state index in [1.807, 2.05) is 0 Å². The maximum atomic E-state index is 13.5. The second kappa shape index (κ2) is 6.27. The molecule has 0 saturated carbocycles. The Morgan fingerprint density at radius 2 is 1.18 bits per heavy atom. The summed E-state index contributed by atoms with van der Waals surface area (Å²) in [6.45, 7) is 0. The lowest BCUT2D eigenvalue weighted by molar-refractivity contribution is -0.296. The van der Waals surface area contributed by atoms with Crippen molar-refractivity contribution in [2.24, 2.45) is 9.98 Å². The van der Waals surface area contributed by atoms with E-state index in [1.54, 1.807) is 0 Å². The van der Waals surface area contributed by atoms with Crippen LogP contribution in [0.1, 0.15) is 5.56 Å². The van der Waals surface area contributed by atoms with Gasteiger partial charge in [0.1, 0.15) is 5.82 Å². The van der Waals surface area contributed by atoms with Gasteiger partial charge in [-0.15, -0.1) is 0 Å². The highest BCUT2D eigenvalue weighted by Gasteiger charge is 2.76. The van der Waals surface area contributed by atoms with Gasteiger partial charge in [-0.2, -0.15) is 48.3 Å². The topological polar surface area (TPSA) is 34.0 Å². The first-order valence-electron chi connectivity index (χ1n) is 6.64. The highest BCUT2D eigenvalue weighted by Crippen LogP contribution is 2.50. The average molecular weight is 432 g/mol. The molecule has 1 aliphatic heterocycles. The molecule has 28 heavy (non-hydrogen) atoms. The number of rotatable bonds is 2. The Kier molecular flexibility index (Phi) is 4.88. The van der Waals surface area contributed by atoms with Gasteiger partial charge in [0.2, 0.25) is 5.90 Å². The van der Waals surface area contributed by atoms with Crippen molar-refractivity contribution in [1.82, 2.24) is 0 Å². The number of benzene rings is 1. The molecule has 1 aromatic rings. The molecule has 1 aliphatic rings. The lowest BCUT2D eigenvalue weighted by atomic mass is 10.1. The largest absolute Gasteiger partial charge is 0.463 e. The summed E-state index contributed by atoms with van der Waals surface area (Å²) in [6.07, 6.45) is -19.8. The van der Waals surface area contributed by atoms with Gasteiger partial charge >= 0.3 is 30.1 Å². The molecule has 1 heterocycles. The molecule has 0 amide bonds. The van der Waals surface area contributed by atoms with Crippen molar-refractivity contribution in [2.45, 2.75) is 30.1 Å². The monoisotopic (exact) mass is 432 g/mol. The first kappa shape index (κ1) is 21.8. The van der Waals surface area contributed by atoms with Crippen LogP contribution in [0.25, 0.3) is 0 Å². The molecule has 0 fully saturated rings. The van der Waals surface area contributed by atoms with E-state index in [-0.39, 0.29) is 0 Å². The van der Waals surface area contributed by atoms with Crippen LogP contribution in [-0.2, 0) is 4.74 Å². The molecule has 0 aliphatic carbocycles. The maximum Gasteiger partial charge on any atom is 0.463 e. The van der Waals surface area contributed by atoms with Crippen molar-refractivity contribution in [3.05, 3.63) is 35.6 Å². The molecule has 3 nitrogen and oxygen atoms in total. The number of hydrogen-bond donors (Lipinski definition) is 0. The van der Waals surface area contributed by atoms with Crippen LogP contribution in [0, 0.1) is 5.82 Å². The van der Waals surface area contributed by atoms with Crippen molar-refractivity contribution in [2.75, 3.05) is 0 Å². The zero-order chi connectivity index (χ0) is 21.8. The molecule has 15 heteroatoms. The highest BCUT2D eigenvalue weighted by molar-refractivity contribution is 6.05. The summed E-state index contributed by atoms with van der Waals surface area (Å²) in [5.74, 6) is -12.5. The third-order valence-corrected chi connectivity index (χ3v) is 3.23. The fourth-order valence-electron chi connectivity index (χ4n) is 1.84. The summed E-state index contributed by atoms with van der Waals surface area (Å²) in [5, 5.41) is 0. The van der Waals surface area contributed by atoms with E-state index in [1.165, 1.54) is 4.99 Å². The lowest BCUT2D eigenvalue weighted by Gasteiger charge is -2.35. The standard InChI is InChI=1S/C13H4F12N2O/c14-6-3-1-5(2-4-6)7-26-10(12(20,21)22,13(23,24)25)27-8(28-7)9(15,16)11(17,18)19/h1-4H. The Morgan fingerprint density at radius 3 is 1.57 bits per heavy atom. The normalized spacial score (nSPS) is 18.3. The molecule has 0 bridgehead atoms. The molecule has 0 N–H and O–H groups in total. The lowest BCUT2D eigenvalue weighted by Crippen LogP contribution is -2.59. The second-order valence-corrected chi connectivity index (χ2v) is 5.18. The predicted molar refractivity (Wildman–Crippen MR) is 67.3 cm³/mol. The van der Waals surface area contributed by atoms with E-state index < -0.39 is 53.3 Å². The first-order valence-corrected chi connectivity index (χ1v) is 6.64. The third kappa shape index (κ3) is 3.48. The minimum atomic E-state index is -6.64. The summed E-state index contributed by atoms with van der Waals surface area (Å²) >= 11 is 0. The average Bonchev–Trinajstić information content (AvgIpc) is 2.52. The number of aliphatic imine (C=N–C) groups is 2. The molecular weight excluding hydrogens is 428 g/mol. The molecule has 1 aromatic carbocycles. The zero-order valence-electron chi connectivity index (χ0n) is 12.6. The minimum absolute atomic E-state index is 0.459. The van der Waals surface area contributed by atoms with Crippen LogP contribution in [-0.4, -0.2) is 41.9 Å². The van der Waals surface area contributed by atoms with Gasteiger partial charge < -0.3 is 4.74 Å². The van der Waals surface area contributed by atoms with Gasteiger partial charge in [-0.1, -0.05) is 0 Å². The molecule has 0 unspecified atom stereocenters. The van der Waals surface area contributed by atoms with Crippen molar-refractivity contribution in [3.63, 3.8) is 0 Å². The Hall–Kier alpha value is -2.48. The number of ether oxygens (including phenoxy) is 1. The predicted octanol–water partition coefficient (Wildman–Crippen LogP) is 5.02. The second-order valence-electron chi connectivity index (χ2n) is 5.18. The first-order chi connectivity index (χ1) is 12.4. The Bertz CT molecular complexity index is 787. The molecular formula is C13H4F12N2O. The van der Waals surface area contributed by atoms with E-state index in [9.17, 15) is 52.7 Å². The number of hydrogen-bond acceptors (Lipinski definition) is 3. The van der Waals surface area contributed by atoms with E-state index in [2.05, 4.69) is 9.73 Å². The maximum absolute atomic E-state index is 13.5. The Balaban J connectivity index is 2.81. The van der Waals surface area contributed by atoms with Gasteiger partial charge in [0.15, 0.2) is 0 Å². The van der Waals surface area contributed by atoms with Gasteiger partial charge in [-0.25, -0.2) is 14.4 Å². The molecule has 0 radical (unpaired) electrons. The molecule has 156 valence electrons. The molecule has 0 aromatic heterocycles. The van der Waals surface area contributed by atoms with Gasteiger partial charge in [0, 0.05) is 5.56 Å². The van der Waals surface area contributed by atoms with Gasteiger partial charge in [0.05, 0.1) is 0 Å². The highest BCUT2D eigenvalue weighted by atomic mass is 19.4. The molecule has 0 atom stereocenters. The molecule has 2 rings (SSSR count). The summed E-state index contributed by atoms with van der Waals surface area (Å²) in [6, 6.07) is 1.86. The summed E-state index contributed by atoms with van der Waals surface area (Å²) < 4.78 is 160. The van der Waals surface area contributed by atoms with Crippen LogP contribution in [0.2, 0.25) is 0 Å². The van der Waals surface area contributed by atoms with E-state index in [4.69, 9.17) is 0 Å². The Morgan fingerprint density at radius 1 is 0.714 bits per heavy atom. The summed E-state index contributed by atoms with van der Waals surface area (Å²) in [7, 11) is 0. The number of nitrogens with zero attached hydrogens (tertiary/aromatic N) is 2. The smallest absolute Gasteiger partial charge is 0.418 e. The van der Waals surface area contributed by atoms with Crippen molar-refractivity contribution < 1.29 is 57.4 Å². The minimum Gasteiger partial charge on any atom is -0.418 e. The van der Waals surface area contributed by atoms with Gasteiger partial charge in [0.25, 0.3) is 5.90 Å². The zero-order valence-corrected chi connectivity index (χ0v) is 12.6. The van der Waals surface area contributed by atoms with Gasteiger partial charge in [-0.05, 0) is 24.3 Å². The van der Waals surface area contributed by atoms with Crippen molar-refractivity contribution in [3.8, 4) is 0 Å². The molecule has 0 saturated heterocycles. The quantitative estimate of drug-likeness (QED) is 0.605. The van der Waals surface area contributed by atoms with Crippen LogP contribution >= 0.6 is 0 Å². The van der Waals surface area contributed by atoms with E-state index in [0.29, 0.717) is 24.3 Å². The van der Waals surface area contributed by atoms with Gasteiger partial charge in [-0.3, -0.25) is 0 Å². The SMILES string of the molecule is Fc1ccc(C2=NC(C(F)(F)F)(C(F)(F)F)N=C(C(F)(F)C(F)(F)F)O2)cc1. The van der Waals surface area contributed by atoms with Crippen LogP contribution in [0.3, 0.4) is 0 Å². The number of alkyl halides is 11. The fraction of sp³-hybridized carbons (Fsp3) is 0.385. The third-order valence-electron chi connectivity index (χ3n) is 3.23. The van der Waals surface area contributed by atoms with Crippen LogP contribution < -0.4 is 0 Å². The van der Waals surface area contributed by atoms with E-state index >= 15 is 0 Å². The summed E-state index contributed by atoms with van der Waals surface area (Å²) in [5.41, 5.74) is -6.64. The van der Waals surface area contributed by atoms with Crippen LogP contribution in [0.5, 0.6) is 0 Å².